The van der Waals surface area contributed by atoms with Crippen LogP contribution in [0.4, 0.5) is 4.79 Å². The van der Waals surface area contributed by atoms with Crippen molar-refractivity contribution in [1.29, 1.82) is 0 Å². The number of carbonyl (C=O) groups is 1. The van der Waals surface area contributed by atoms with Gasteiger partial charge in [0.15, 0.2) is 6.10 Å². The van der Waals surface area contributed by atoms with Crippen LogP contribution in [-0.4, -0.2) is 25.3 Å². The summed E-state index contributed by atoms with van der Waals surface area (Å²) in [7, 11) is 0. The first kappa shape index (κ1) is 11.7. The molecule has 5 heteroatoms. The van der Waals surface area contributed by atoms with E-state index in [1.54, 1.807) is 0 Å². The Hall–Kier alpha value is -1.75. The molecule has 0 bridgehead atoms. The number of amides is 1. The van der Waals surface area contributed by atoms with E-state index in [4.69, 9.17) is 15.2 Å². The molecule has 1 aliphatic heterocycles. The molecule has 1 aromatic carbocycles. The molecule has 2 unspecified atom stereocenters. The number of nitrogens with one attached hydrogen (secondary N) is 1. The van der Waals surface area contributed by atoms with Gasteiger partial charge in [-0.2, -0.15) is 0 Å². The first-order chi connectivity index (χ1) is 8.15. The summed E-state index contributed by atoms with van der Waals surface area (Å²) in [6.07, 6.45) is -0.607. The second-order valence-electron chi connectivity index (χ2n) is 4.08. The van der Waals surface area contributed by atoms with Gasteiger partial charge in [0.05, 0.1) is 6.54 Å². The number of alkyl carbamates (subject to hydrolysis) is 1. The Morgan fingerprint density at radius 1 is 1.65 bits per heavy atom. The molecule has 1 heterocycles. The van der Waals surface area contributed by atoms with Gasteiger partial charge in [-0.15, -0.1) is 0 Å². The lowest BCUT2D eigenvalue weighted by atomic mass is 10.1. The molecule has 5 nitrogen and oxygen atoms in total. The molecule has 0 aliphatic carbocycles. The number of benzene rings is 1. The monoisotopic (exact) mass is 236 g/mol. The van der Waals surface area contributed by atoms with Crippen LogP contribution in [0.2, 0.25) is 0 Å². The highest BCUT2D eigenvalue weighted by molar-refractivity contribution is 5.69. The molecule has 1 aromatic rings. The van der Waals surface area contributed by atoms with E-state index in [0.717, 1.165) is 11.3 Å². The summed E-state index contributed by atoms with van der Waals surface area (Å²) in [5, 5.41) is 2.57. The van der Waals surface area contributed by atoms with Crippen molar-refractivity contribution in [2.45, 2.75) is 19.1 Å². The van der Waals surface area contributed by atoms with Gasteiger partial charge in [0.25, 0.3) is 0 Å². The first-order valence-corrected chi connectivity index (χ1v) is 5.58. The number of hydrogen-bond acceptors (Lipinski definition) is 4. The molecule has 0 radical (unpaired) electrons. The fraction of sp³-hybridized carbons (Fsp3) is 0.417. The van der Waals surface area contributed by atoms with Crippen LogP contribution in [0.25, 0.3) is 0 Å². The van der Waals surface area contributed by atoms with E-state index in [9.17, 15) is 4.79 Å². The van der Waals surface area contributed by atoms with Gasteiger partial charge in [0.1, 0.15) is 12.4 Å². The highest BCUT2D eigenvalue weighted by atomic mass is 16.6. The van der Waals surface area contributed by atoms with Crippen LogP contribution in [0.3, 0.4) is 0 Å². The molecule has 1 aliphatic rings. The molecule has 0 saturated carbocycles. The Bertz CT molecular complexity index is 406. The second-order valence-corrected chi connectivity index (χ2v) is 4.08. The van der Waals surface area contributed by atoms with E-state index >= 15 is 0 Å². The van der Waals surface area contributed by atoms with Crippen molar-refractivity contribution in [3.05, 3.63) is 29.8 Å². The minimum atomic E-state index is -0.386. The lowest BCUT2D eigenvalue weighted by molar-refractivity contribution is 0.105. The quantitative estimate of drug-likeness (QED) is 0.823. The summed E-state index contributed by atoms with van der Waals surface area (Å²) in [6.45, 7) is 2.76. The maximum Gasteiger partial charge on any atom is 0.407 e. The molecular formula is C12H16N2O3. The smallest absolute Gasteiger partial charge is 0.407 e. The van der Waals surface area contributed by atoms with Crippen LogP contribution in [0.1, 0.15) is 18.5 Å². The van der Waals surface area contributed by atoms with E-state index in [2.05, 4.69) is 5.32 Å². The Morgan fingerprint density at radius 3 is 3.12 bits per heavy atom. The van der Waals surface area contributed by atoms with Gasteiger partial charge in [-0.1, -0.05) is 12.1 Å². The minimum Gasteiger partial charge on any atom is -0.490 e. The Morgan fingerprint density at radius 2 is 2.47 bits per heavy atom. The summed E-state index contributed by atoms with van der Waals surface area (Å²) >= 11 is 0. The third-order valence-corrected chi connectivity index (χ3v) is 2.57. The molecule has 3 N–H and O–H groups in total. The van der Waals surface area contributed by atoms with Crippen LogP contribution < -0.4 is 15.8 Å². The summed E-state index contributed by atoms with van der Waals surface area (Å²) in [5.74, 6) is 0.739. The molecule has 1 amide bonds. The van der Waals surface area contributed by atoms with Crippen molar-refractivity contribution >= 4 is 6.09 Å². The molecule has 2 rings (SSSR count). The lowest BCUT2D eigenvalue weighted by Gasteiger charge is -2.12. The van der Waals surface area contributed by atoms with Crippen molar-refractivity contribution in [1.82, 2.24) is 5.32 Å². The average Bonchev–Trinajstić information content (AvgIpc) is 2.73. The van der Waals surface area contributed by atoms with Crippen molar-refractivity contribution in [3.8, 4) is 5.75 Å². The number of nitrogens with two attached hydrogens (primary N) is 1. The highest BCUT2D eigenvalue weighted by Crippen LogP contribution is 2.18. The maximum absolute atomic E-state index is 10.8. The van der Waals surface area contributed by atoms with E-state index in [1.807, 2.05) is 31.2 Å². The summed E-state index contributed by atoms with van der Waals surface area (Å²) in [6, 6.07) is 7.58. The van der Waals surface area contributed by atoms with Gasteiger partial charge < -0.3 is 20.5 Å². The Labute approximate surface area is 99.9 Å². The minimum absolute atomic E-state index is 0.0236. The van der Waals surface area contributed by atoms with Crippen LogP contribution in [-0.2, 0) is 4.74 Å². The van der Waals surface area contributed by atoms with Gasteiger partial charge in [-0.3, -0.25) is 0 Å². The predicted octanol–water partition coefficient (Wildman–Crippen LogP) is 1.19. The number of ether oxygens (including phenoxy) is 2. The number of hydrogen-bond donors (Lipinski definition) is 2. The summed E-state index contributed by atoms with van der Waals surface area (Å²) < 4.78 is 10.5. The zero-order chi connectivity index (χ0) is 12.3. The normalized spacial score (nSPS) is 20.6. The van der Waals surface area contributed by atoms with Gasteiger partial charge in [0.2, 0.25) is 0 Å². The topological polar surface area (TPSA) is 73.6 Å². The summed E-state index contributed by atoms with van der Waals surface area (Å²) in [4.78, 5) is 10.8. The van der Waals surface area contributed by atoms with Crippen molar-refractivity contribution < 1.29 is 14.3 Å². The molecule has 0 spiro atoms. The van der Waals surface area contributed by atoms with Gasteiger partial charge in [0, 0.05) is 6.04 Å². The SMILES string of the molecule is CC(N)c1cccc(OCC2CNC(=O)O2)c1. The predicted molar refractivity (Wildman–Crippen MR) is 62.8 cm³/mol. The fourth-order valence-corrected chi connectivity index (χ4v) is 1.60. The van der Waals surface area contributed by atoms with E-state index in [1.165, 1.54) is 0 Å². The number of rotatable bonds is 4. The third kappa shape index (κ3) is 3.10. The molecule has 1 saturated heterocycles. The fourth-order valence-electron chi connectivity index (χ4n) is 1.60. The highest BCUT2D eigenvalue weighted by Gasteiger charge is 2.22. The standard InChI is InChI=1S/C12H16N2O3/c1-8(13)9-3-2-4-10(5-9)16-7-11-6-14-12(15)17-11/h2-5,8,11H,6-7,13H2,1H3,(H,14,15). The molecule has 92 valence electrons. The largest absolute Gasteiger partial charge is 0.490 e. The van der Waals surface area contributed by atoms with Crippen LogP contribution in [0.15, 0.2) is 24.3 Å². The van der Waals surface area contributed by atoms with Crippen molar-refractivity contribution in [2.24, 2.45) is 5.73 Å². The zero-order valence-electron chi connectivity index (χ0n) is 9.68. The van der Waals surface area contributed by atoms with E-state index < -0.39 is 0 Å². The molecular weight excluding hydrogens is 220 g/mol. The zero-order valence-corrected chi connectivity index (χ0v) is 9.68. The van der Waals surface area contributed by atoms with Crippen molar-refractivity contribution in [3.63, 3.8) is 0 Å². The second kappa shape index (κ2) is 5.05. The van der Waals surface area contributed by atoms with E-state index in [-0.39, 0.29) is 18.2 Å². The molecule has 2 atom stereocenters. The van der Waals surface area contributed by atoms with Crippen molar-refractivity contribution in [2.75, 3.05) is 13.2 Å². The summed E-state index contributed by atoms with van der Waals surface area (Å²) in [5.41, 5.74) is 6.80. The average molecular weight is 236 g/mol. The van der Waals surface area contributed by atoms with Crippen LogP contribution >= 0.6 is 0 Å². The molecule has 0 aromatic heterocycles. The molecule has 1 fully saturated rings. The molecule has 17 heavy (non-hydrogen) atoms. The number of carbonyl (C=O) groups excluding carboxylic acids is 1. The maximum atomic E-state index is 10.8. The van der Waals surface area contributed by atoms with E-state index in [0.29, 0.717) is 13.2 Å². The third-order valence-electron chi connectivity index (χ3n) is 2.57. The first-order valence-electron chi connectivity index (χ1n) is 5.58. The van der Waals surface area contributed by atoms with Crippen LogP contribution in [0, 0.1) is 0 Å². The van der Waals surface area contributed by atoms with Crippen LogP contribution in [0.5, 0.6) is 5.75 Å². The number of cyclic esters (lactones) is 1. The Kier molecular flexibility index (Phi) is 3.49. The van der Waals surface area contributed by atoms with Gasteiger partial charge in [-0.25, -0.2) is 4.79 Å². The Balaban J connectivity index is 1.90. The lowest BCUT2D eigenvalue weighted by Crippen LogP contribution is -2.22. The van der Waals surface area contributed by atoms with Gasteiger partial charge in [-0.05, 0) is 24.6 Å². The van der Waals surface area contributed by atoms with Gasteiger partial charge >= 0.3 is 6.09 Å².